The van der Waals surface area contributed by atoms with Gasteiger partial charge in [0.1, 0.15) is 17.6 Å². The Hall–Kier alpha value is -4.34. The number of benzene rings is 2. The van der Waals surface area contributed by atoms with Crippen LogP contribution in [0.2, 0.25) is 0 Å². The zero-order valence-corrected chi connectivity index (χ0v) is 23.0. The van der Waals surface area contributed by atoms with E-state index in [-0.39, 0.29) is 11.9 Å². The van der Waals surface area contributed by atoms with Gasteiger partial charge in [-0.15, -0.1) is 0 Å². The summed E-state index contributed by atoms with van der Waals surface area (Å²) in [6.07, 6.45) is 4.60. The fourth-order valence-corrected chi connectivity index (χ4v) is 6.09. The average molecular weight is 549 g/mol. The first-order valence-electron chi connectivity index (χ1n) is 14.1. The molecule has 0 aliphatic carbocycles. The number of hydrogen-bond acceptors (Lipinski definition) is 7. The average Bonchev–Trinajstić information content (AvgIpc) is 3.73. The number of rotatable bonds is 6. The second-order valence-corrected chi connectivity index (χ2v) is 10.8. The molecule has 0 saturated carbocycles. The number of nitrogens with one attached hydrogen (secondary N) is 1. The predicted octanol–water partition coefficient (Wildman–Crippen LogP) is 4.72. The quantitative estimate of drug-likeness (QED) is 0.328. The maximum absolute atomic E-state index is 14.1. The minimum Gasteiger partial charge on any atom is -0.480 e. The van der Waals surface area contributed by atoms with Gasteiger partial charge < -0.3 is 19.4 Å². The number of para-hydroxylation sites is 1. The predicted molar refractivity (Wildman–Crippen MR) is 157 cm³/mol. The number of aromatic amines is 1. The highest BCUT2D eigenvalue weighted by atomic mass is 16.5. The van der Waals surface area contributed by atoms with E-state index in [0.717, 1.165) is 71.5 Å². The fourth-order valence-electron chi connectivity index (χ4n) is 6.09. The molecule has 1 amide bonds. The largest absolute Gasteiger partial charge is 0.480 e. The molecule has 2 fully saturated rings. The van der Waals surface area contributed by atoms with Gasteiger partial charge in [-0.3, -0.25) is 14.7 Å². The van der Waals surface area contributed by atoms with E-state index in [1.54, 1.807) is 13.3 Å². The molecule has 2 unspecified atom stereocenters. The van der Waals surface area contributed by atoms with Gasteiger partial charge in [-0.2, -0.15) is 0 Å². The highest BCUT2D eigenvalue weighted by Crippen LogP contribution is 2.33. The van der Waals surface area contributed by atoms with Crippen LogP contribution in [0, 0.1) is 5.92 Å². The maximum Gasteiger partial charge on any atom is 0.273 e. The molecule has 41 heavy (non-hydrogen) atoms. The molecule has 5 heterocycles. The summed E-state index contributed by atoms with van der Waals surface area (Å²) in [5.41, 5.74) is 2.96. The van der Waals surface area contributed by atoms with Gasteiger partial charge in [0.2, 0.25) is 5.88 Å². The highest BCUT2D eigenvalue weighted by molar-refractivity contribution is 6.05. The lowest BCUT2D eigenvalue weighted by Crippen LogP contribution is -2.52. The lowest BCUT2D eigenvalue weighted by Gasteiger charge is -2.41. The number of hydrogen-bond donors (Lipinski definition) is 1. The second kappa shape index (κ2) is 10.9. The fraction of sp³-hybridized carbons (Fsp3) is 0.312. The molecule has 0 spiro atoms. The van der Waals surface area contributed by atoms with Crippen LogP contribution in [0.15, 0.2) is 73.1 Å². The molecule has 2 atom stereocenters. The SMILES string of the molecule is COc1nc2ccccc2cc1-c1cnc(C2CN(CC3CCOC3)CCN2C(=O)c2nccc3ccccc23)[nH]1. The molecule has 9 nitrogen and oxygen atoms in total. The van der Waals surface area contributed by atoms with Crippen molar-refractivity contribution in [2.45, 2.75) is 12.5 Å². The summed E-state index contributed by atoms with van der Waals surface area (Å²) in [5.74, 6) is 1.69. The van der Waals surface area contributed by atoms with Gasteiger partial charge in [0.25, 0.3) is 5.91 Å². The number of piperazine rings is 1. The second-order valence-electron chi connectivity index (χ2n) is 10.8. The number of imidazole rings is 1. The maximum atomic E-state index is 14.1. The molecule has 7 rings (SSSR count). The van der Waals surface area contributed by atoms with E-state index in [2.05, 4.69) is 20.9 Å². The van der Waals surface area contributed by atoms with E-state index in [1.807, 2.05) is 65.7 Å². The Kier molecular flexibility index (Phi) is 6.82. The number of carbonyl (C=O) groups excluding carboxylic acids is 1. The van der Waals surface area contributed by atoms with E-state index >= 15 is 0 Å². The first kappa shape index (κ1) is 25.6. The van der Waals surface area contributed by atoms with Crippen molar-refractivity contribution in [1.29, 1.82) is 0 Å². The number of carbonyl (C=O) groups is 1. The number of fused-ring (bicyclic) bond motifs is 2. The van der Waals surface area contributed by atoms with Crippen LogP contribution in [0.1, 0.15) is 28.8 Å². The summed E-state index contributed by atoms with van der Waals surface area (Å²) in [7, 11) is 1.63. The van der Waals surface area contributed by atoms with Crippen LogP contribution in [-0.2, 0) is 4.74 Å². The molecular formula is C32H32N6O3. The Balaban J connectivity index is 1.25. The molecule has 9 heteroatoms. The van der Waals surface area contributed by atoms with Gasteiger partial charge in [0, 0.05) is 49.8 Å². The molecule has 1 N–H and O–H groups in total. The monoisotopic (exact) mass is 548 g/mol. The van der Waals surface area contributed by atoms with Crippen LogP contribution in [0.5, 0.6) is 5.88 Å². The Morgan fingerprint density at radius 1 is 1.07 bits per heavy atom. The summed E-state index contributed by atoms with van der Waals surface area (Å²) in [6, 6.07) is 19.6. The van der Waals surface area contributed by atoms with Crippen LogP contribution in [0.25, 0.3) is 32.9 Å². The van der Waals surface area contributed by atoms with E-state index in [0.29, 0.717) is 30.6 Å². The molecular weight excluding hydrogens is 516 g/mol. The number of H-pyrrole nitrogens is 1. The summed E-state index contributed by atoms with van der Waals surface area (Å²) in [5, 5.41) is 2.87. The van der Waals surface area contributed by atoms with Crippen molar-refractivity contribution >= 4 is 27.6 Å². The van der Waals surface area contributed by atoms with E-state index < -0.39 is 0 Å². The molecule has 208 valence electrons. The Morgan fingerprint density at radius 3 is 2.78 bits per heavy atom. The van der Waals surface area contributed by atoms with Crippen molar-refractivity contribution in [2.24, 2.45) is 5.92 Å². The third-order valence-electron chi connectivity index (χ3n) is 8.23. The summed E-state index contributed by atoms with van der Waals surface area (Å²) in [4.78, 5) is 36.1. The summed E-state index contributed by atoms with van der Waals surface area (Å²) < 4.78 is 11.3. The Morgan fingerprint density at radius 2 is 1.93 bits per heavy atom. The zero-order chi connectivity index (χ0) is 27.8. The summed E-state index contributed by atoms with van der Waals surface area (Å²) in [6.45, 7) is 4.61. The summed E-state index contributed by atoms with van der Waals surface area (Å²) >= 11 is 0. The van der Waals surface area contributed by atoms with Gasteiger partial charge >= 0.3 is 0 Å². The topological polar surface area (TPSA) is 96.5 Å². The standard InChI is InChI=1S/C32H32N6O3/c1-40-31-25(16-23-7-3-5-9-26(23)36-31)27-17-34-30(35-27)28-19-37(18-21-11-15-41-20-21)13-14-38(28)32(39)29-24-8-4-2-6-22(24)10-12-33-29/h2-10,12,16-17,21,28H,11,13-15,18-20H2,1H3,(H,34,35). The zero-order valence-electron chi connectivity index (χ0n) is 23.0. The normalized spacial score (nSPS) is 19.7. The van der Waals surface area contributed by atoms with Crippen LogP contribution in [0.4, 0.5) is 0 Å². The number of amides is 1. The van der Waals surface area contributed by atoms with Crippen LogP contribution in [0.3, 0.4) is 0 Å². The van der Waals surface area contributed by atoms with E-state index in [4.69, 9.17) is 19.4 Å². The lowest BCUT2D eigenvalue weighted by atomic mass is 10.0. The third-order valence-corrected chi connectivity index (χ3v) is 8.23. The Labute approximate surface area is 238 Å². The van der Waals surface area contributed by atoms with Gasteiger partial charge in [-0.25, -0.2) is 9.97 Å². The van der Waals surface area contributed by atoms with Crippen molar-refractivity contribution in [1.82, 2.24) is 29.7 Å². The first-order valence-corrected chi connectivity index (χ1v) is 14.1. The minimum absolute atomic E-state index is 0.0847. The first-order chi connectivity index (χ1) is 20.2. The van der Waals surface area contributed by atoms with Crippen molar-refractivity contribution < 1.29 is 14.3 Å². The molecule has 2 saturated heterocycles. The van der Waals surface area contributed by atoms with Crippen LogP contribution >= 0.6 is 0 Å². The van der Waals surface area contributed by atoms with Gasteiger partial charge in [0.15, 0.2) is 0 Å². The van der Waals surface area contributed by atoms with Gasteiger partial charge in [0.05, 0.1) is 36.7 Å². The number of pyridine rings is 2. The number of nitrogens with zero attached hydrogens (tertiary/aromatic N) is 5. The minimum atomic E-state index is -0.271. The van der Waals surface area contributed by atoms with Crippen molar-refractivity contribution in [3.63, 3.8) is 0 Å². The number of methoxy groups -OCH3 is 1. The number of ether oxygens (including phenoxy) is 2. The van der Waals surface area contributed by atoms with Crippen molar-refractivity contribution in [2.75, 3.05) is 46.5 Å². The van der Waals surface area contributed by atoms with Crippen molar-refractivity contribution in [3.05, 3.63) is 84.6 Å². The van der Waals surface area contributed by atoms with Gasteiger partial charge in [-0.1, -0.05) is 42.5 Å². The molecule has 5 aromatic rings. The molecule has 0 radical (unpaired) electrons. The lowest BCUT2D eigenvalue weighted by molar-refractivity contribution is 0.0390. The molecule has 2 aliphatic rings. The van der Waals surface area contributed by atoms with E-state index in [9.17, 15) is 4.79 Å². The van der Waals surface area contributed by atoms with Crippen molar-refractivity contribution in [3.8, 4) is 17.1 Å². The van der Waals surface area contributed by atoms with Crippen LogP contribution in [-0.4, -0.2) is 82.1 Å². The number of aromatic nitrogens is 4. The molecule has 2 aliphatic heterocycles. The third kappa shape index (κ3) is 4.92. The smallest absolute Gasteiger partial charge is 0.273 e. The molecule has 3 aromatic heterocycles. The molecule has 0 bridgehead atoms. The Bertz CT molecular complexity index is 1710. The molecule has 2 aromatic carbocycles. The van der Waals surface area contributed by atoms with Gasteiger partial charge in [-0.05, 0) is 35.9 Å². The van der Waals surface area contributed by atoms with E-state index in [1.165, 1.54) is 0 Å². The van der Waals surface area contributed by atoms with Crippen LogP contribution < -0.4 is 4.74 Å². The highest BCUT2D eigenvalue weighted by Gasteiger charge is 2.36.